The summed E-state index contributed by atoms with van der Waals surface area (Å²) in [6.07, 6.45) is 1.99. The van der Waals surface area contributed by atoms with Gasteiger partial charge in [-0.25, -0.2) is 22.8 Å². The van der Waals surface area contributed by atoms with Gasteiger partial charge in [0.1, 0.15) is 23.1 Å². The van der Waals surface area contributed by atoms with Crippen LogP contribution in [0.1, 0.15) is 46.6 Å². The van der Waals surface area contributed by atoms with Gasteiger partial charge in [-0.15, -0.1) is 0 Å². The van der Waals surface area contributed by atoms with Crippen molar-refractivity contribution < 1.29 is 22.3 Å². The molecule has 0 spiro atoms. The number of sulfonamides is 1. The molecule has 8 nitrogen and oxygen atoms in total. The number of aromatic nitrogens is 2. The predicted octanol–water partition coefficient (Wildman–Crippen LogP) is 7.30. The monoisotopic (exact) mass is 598 g/mol. The van der Waals surface area contributed by atoms with Crippen LogP contribution in [0.15, 0.2) is 59.6 Å². The molecule has 2 aromatic heterocycles. The number of nitrogens with two attached hydrogens (primary N) is 1. The third kappa shape index (κ3) is 7.74. The van der Waals surface area contributed by atoms with E-state index in [2.05, 4.69) is 30.5 Å². The molecule has 0 bridgehead atoms. The molecule has 2 aromatic carbocycles. The lowest BCUT2D eigenvalue weighted by Crippen LogP contribution is -2.13. The Kier molecular flexibility index (Phi) is 8.89. The Labute approximate surface area is 244 Å². The summed E-state index contributed by atoms with van der Waals surface area (Å²) in [4.78, 5) is 9.08. The van der Waals surface area contributed by atoms with Crippen LogP contribution in [0.3, 0.4) is 0 Å². The van der Waals surface area contributed by atoms with E-state index in [0.29, 0.717) is 39.8 Å². The molecule has 41 heavy (non-hydrogen) atoms. The molecule has 0 amide bonds. The van der Waals surface area contributed by atoms with Crippen molar-refractivity contribution >= 4 is 32.3 Å². The van der Waals surface area contributed by atoms with E-state index in [-0.39, 0.29) is 27.4 Å². The Morgan fingerprint density at radius 2 is 1.88 bits per heavy atom. The molecule has 0 unspecified atom stereocenters. The van der Waals surface area contributed by atoms with Crippen LogP contribution < -0.4 is 19.9 Å². The van der Waals surface area contributed by atoms with Crippen LogP contribution in [-0.4, -0.2) is 31.1 Å². The number of anilines is 2. The van der Waals surface area contributed by atoms with Crippen LogP contribution in [-0.2, 0) is 10.0 Å². The second-order valence-corrected chi connectivity index (χ2v) is 13.8. The highest BCUT2D eigenvalue weighted by Gasteiger charge is 2.24. The Morgan fingerprint density at radius 3 is 2.56 bits per heavy atom. The van der Waals surface area contributed by atoms with E-state index in [1.807, 2.05) is 39.0 Å². The fourth-order valence-electron chi connectivity index (χ4n) is 4.05. The van der Waals surface area contributed by atoms with Crippen molar-refractivity contribution in [2.75, 3.05) is 17.1 Å². The Bertz CT molecular complexity index is 1650. The van der Waals surface area contributed by atoms with E-state index in [0.717, 1.165) is 23.3 Å². The molecule has 11 heteroatoms. The van der Waals surface area contributed by atoms with E-state index in [4.69, 9.17) is 20.2 Å². The van der Waals surface area contributed by atoms with E-state index in [1.54, 1.807) is 6.07 Å². The van der Waals surface area contributed by atoms with Gasteiger partial charge in [-0.1, -0.05) is 44.2 Å². The van der Waals surface area contributed by atoms with Gasteiger partial charge >= 0.3 is 0 Å². The van der Waals surface area contributed by atoms with E-state index in [9.17, 15) is 12.8 Å². The number of nitrogens with zero attached hydrogens (tertiary/aromatic N) is 2. The highest BCUT2D eigenvalue weighted by molar-refractivity contribution is 7.93. The van der Waals surface area contributed by atoms with Crippen LogP contribution in [0.25, 0.3) is 21.7 Å². The average molecular weight is 599 g/mol. The van der Waals surface area contributed by atoms with Crippen molar-refractivity contribution in [3.63, 3.8) is 0 Å². The van der Waals surface area contributed by atoms with Crippen molar-refractivity contribution in [2.24, 2.45) is 5.41 Å². The molecule has 2 heterocycles. The molecule has 0 fully saturated rings. The minimum absolute atomic E-state index is 0.0525. The lowest BCUT2D eigenvalue weighted by Gasteiger charge is -2.18. The van der Waals surface area contributed by atoms with Crippen molar-refractivity contribution in [1.82, 2.24) is 9.97 Å². The van der Waals surface area contributed by atoms with Gasteiger partial charge in [0.2, 0.25) is 0 Å². The number of nitrogen functional groups attached to an aromatic ring is 1. The van der Waals surface area contributed by atoms with E-state index in [1.165, 1.54) is 30.5 Å². The van der Waals surface area contributed by atoms with Gasteiger partial charge in [0, 0.05) is 29.5 Å². The maximum absolute atomic E-state index is 14.9. The SMILES string of the molecule is Cc1cccc(OC(C)C)c1-c1nc(NS(=O)(=O)c2ccnc(N)c2)sc1-c1cc(F)cc(OCCC(C)(C)C)c1. The maximum atomic E-state index is 14.9. The van der Waals surface area contributed by atoms with Gasteiger partial charge in [-0.05, 0) is 62.4 Å². The number of aryl methyl sites for hydroxylation is 1. The minimum Gasteiger partial charge on any atom is -0.493 e. The highest BCUT2D eigenvalue weighted by Crippen LogP contribution is 2.45. The van der Waals surface area contributed by atoms with Crippen LogP contribution >= 0.6 is 11.3 Å². The first-order chi connectivity index (χ1) is 19.2. The summed E-state index contributed by atoms with van der Waals surface area (Å²) >= 11 is 1.09. The summed E-state index contributed by atoms with van der Waals surface area (Å²) in [7, 11) is -4.04. The van der Waals surface area contributed by atoms with Gasteiger partial charge in [0.05, 0.1) is 28.2 Å². The number of pyridine rings is 1. The van der Waals surface area contributed by atoms with Crippen LogP contribution in [0.4, 0.5) is 15.3 Å². The molecular formula is C30H35FN4O4S2. The van der Waals surface area contributed by atoms with Crippen LogP contribution in [0.5, 0.6) is 11.5 Å². The number of hydrogen-bond acceptors (Lipinski definition) is 8. The predicted molar refractivity (Wildman–Crippen MR) is 162 cm³/mol. The number of thiazole rings is 1. The number of hydrogen-bond donors (Lipinski definition) is 2. The quantitative estimate of drug-likeness (QED) is 0.197. The van der Waals surface area contributed by atoms with Gasteiger partial charge < -0.3 is 15.2 Å². The molecule has 218 valence electrons. The maximum Gasteiger partial charge on any atom is 0.263 e. The molecule has 0 aliphatic heterocycles. The van der Waals surface area contributed by atoms with E-state index >= 15 is 0 Å². The summed E-state index contributed by atoms with van der Waals surface area (Å²) in [5.74, 6) is 0.551. The second kappa shape index (κ2) is 12.0. The Morgan fingerprint density at radius 1 is 1.12 bits per heavy atom. The fourth-order valence-corrected chi connectivity index (χ4v) is 6.26. The molecule has 4 rings (SSSR count). The van der Waals surface area contributed by atoms with Crippen molar-refractivity contribution in [1.29, 1.82) is 0 Å². The first kappa shape index (κ1) is 30.3. The van der Waals surface area contributed by atoms with Gasteiger partial charge in [0.25, 0.3) is 10.0 Å². The fraction of sp³-hybridized carbons (Fsp3) is 0.333. The number of benzene rings is 2. The van der Waals surface area contributed by atoms with Gasteiger partial charge in [-0.3, -0.25) is 4.72 Å². The first-order valence-corrected chi connectivity index (χ1v) is 15.5. The third-order valence-electron chi connectivity index (χ3n) is 6.00. The molecular weight excluding hydrogens is 563 g/mol. The molecule has 0 radical (unpaired) electrons. The Hall–Kier alpha value is -3.70. The zero-order chi connectivity index (χ0) is 29.9. The zero-order valence-electron chi connectivity index (χ0n) is 24.0. The average Bonchev–Trinajstić information content (AvgIpc) is 3.25. The molecule has 0 saturated carbocycles. The summed E-state index contributed by atoms with van der Waals surface area (Å²) < 4.78 is 55.9. The summed E-state index contributed by atoms with van der Waals surface area (Å²) in [6, 6.07) is 12.7. The van der Waals surface area contributed by atoms with E-state index < -0.39 is 15.8 Å². The summed E-state index contributed by atoms with van der Waals surface area (Å²) in [6.45, 7) is 12.5. The number of rotatable bonds is 10. The lowest BCUT2D eigenvalue weighted by molar-refractivity contribution is 0.242. The van der Waals surface area contributed by atoms with Crippen molar-refractivity contribution in [3.8, 4) is 33.2 Å². The number of nitrogens with one attached hydrogen (secondary N) is 1. The normalized spacial score (nSPS) is 12.0. The second-order valence-electron chi connectivity index (χ2n) is 11.2. The van der Waals surface area contributed by atoms with Crippen LogP contribution in [0, 0.1) is 18.2 Å². The van der Waals surface area contributed by atoms with Gasteiger partial charge in [-0.2, -0.15) is 0 Å². The minimum atomic E-state index is -4.04. The van der Waals surface area contributed by atoms with Crippen molar-refractivity contribution in [3.05, 3.63) is 66.1 Å². The number of halogens is 1. The molecule has 0 aliphatic rings. The molecule has 0 saturated heterocycles. The third-order valence-corrected chi connectivity index (χ3v) is 8.49. The highest BCUT2D eigenvalue weighted by atomic mass is 32.2. The lowest BCUT2D eigenvalue weighted by atomic mass is 9.93. The summed E-state index contributed by atoms with van der Waals surface area (Å²) in [5.41, 5.74) is 8.28. The molecule has 0 aliphatic carbocycles. The van der Waals surface area contributed by atoms with Crippen LogP contribution in [0.2, 0.25) is 0 Å². The topological polar surface area (TPSA) is 116 Å². The summed E-state index contributed by atoms with van der Waals surface area (Å²) in [5, 5.41) is 0.101. The molecule has 4 aromatic rings. The Balaban J connectivity index is 1.84. The molecule has 0 atom stereocenters. The first-order valence-electron chi connectivity index (χ1n) is 13.2. The van der Waals surface area contributed by atoms with Crippen molar-refractivity contribution in [2.45, 2.75) is 59.0 Å². The molecule has 3 N–H and O–H groups in total. The zero-order valence-corrected chi connectivity index (χ0v) is 25.6. The smallest absolute Gasteiger partial charge is 0.263 e. The standard InChI is InChI=1S/C30H35FN4O4S2/c1-18(2)39-24-9-7-8-19(3)26(24)27-28(20-14-21(31)16-22(15-20)38-13-11-30(4,5)6)40-29(34-27)35-41(36,37)23-10-12-33-25(32)17-23/h7-10,12,14-18H,11,13H2,1-6H3,(H2,32,33)(H,34,35). The largest absolute Gasteiger partial charge is 0.493 e. The number of ether oxygens (including phenoxy) is 2. The van der Waals surface area contributed by atoms with Gasteiger partial charge in [0.15, 0.2) is 5.13 Å².